The molecule has 1 fully saturated rings. The first-order valence-electron chi connectivity index (χ1n) is 8.08. The van der Waals surface area contributed by atoms with E-state index < -0.39 is 6.10 Å². The molecule has 2 unspecified atom stereocenters. The summed E-state index contributed by atoms with van der Waals surface area (Å²) >= 11 is 0. The summed E-state index contributed by atoms with van der Waals surface area (Å²) in [5, 5.41) is 20.3. The van der Waals surface area contributed by atoms with Crippen molar-refractivity contribution in [1.29, 1.82) is 0 Å². The van der Waals surface area contributed by atoms with Crippen molar-refractivity contribution in [3.63, 3.8) is 0 Å². The first kappa shape index (κ1) is 16.0. The second-order valence-electron chi connectivity index (χ2n) is 6.20. The molecule has 2 aromatic rings. The molecule has 1 aliphatic heterocycles. The van der Waals surface area contributed by atoms with Crippen LogP contribution in [0.4, 0.5) is 4.39 Å². The van der Waals surface area contributed by atoms with Crippen LogP contribution in [0.2, 0.25) is 0 Å². The van der Waals surface area contributed by atoms with Crippen LogP contribution < -0.4 is 0 Å². The van der Waals surface area contributed by atoms with Gasteiger partial charge < -0.3 is 10.2 Å². The fourth-order valence-electron chi connectivity index (χ4n) is 3.31. The van der Waals surface area contributed by atoms with Crippen molar-refractivity contribution in [2.45, 2.75) is 38.0 Å². The maximum Gasteiger partial charge on any atom is 0.123 e. The van der Waals surface area contributed by atoms with E-state index in [1.54, 1.807) is 18.2 Å². The molecular formula is C19H22FNO2. The largest absolute Gasteiger partial charge is 0.508 e. The van der Waals surface area contributed by atoms with Gasteiger partial charge in [0.25, 0.3) is 0 Å². The van der Waals surface area contributed by atoms with E-state index in [1.807, 2.05) is 18.2 Å². The Morgan fingerprint density at radius 1 is 1.13 bits per heavy atom. The molecule has 1 aliphatic rings. The van der Waals surface area contributed by atoms with Gasteiger partial charge in [-0.25, -0.2) is 4.39 Å². The smallest absolute Gasteiger partial charge is 0.123 e. The number of phenols is 1. The number of nitrogens with zero attached hydrogens (tertiary/aromatic N) is 1. The van der Waals surface area contributed by atoms with E-state index in [4.69, 9.17) is 0 Å². The Labute approximate surface area is 136 Å². The predicted molar refractivity (Wildman–Crippen MR) is 87.5 cm³/mol. The van der Waals surface area contributed by atoms with E-state index in [1.165, 1.54) is 12.1 Å². The van der Waals surface area contributed by atoms with E-state index >= 15 is 0 Å². The number of aliphatic hydroxyl groups is 1. The van der Waals surface area contributed by atoms with Crippen molar-refractivity contribution in [3.8, 4) is 5.75 Å². The lowest BCUT2D eigenvalue weighted by Gasteiger charge is -2.27. The fraction of sp³-hybridized carbons (Fsp3) is 0.368. The molecule has 0 spiro atoms. The molecule has 2 aromatic carbocycles. The molecule has 0 radical (unpaired) electrons. The Balaban J connectivity index is 1.65. The number of hydrogen-bond acceptors (Lipinski definition) is 3. The molecule has 1 saturated heterocycles. The van der Waals surface area contributed by atoms with Gasteiger partial charge in [0.1, 0.15) is 11.6 Å². The molecule has 0 bridgehead atoms. The normalized spacial score (nSPS) is 19.8. The minimum Gasteiger partial charge on any atom is -0.508 e. The molecule has 4 heteroatoms. The van der Waals surface area contributed by atoms with Crippen molar-refractivity contribution in [3.05, 3.63) is 65.5 Å². The molecule has 0 aliphatic carbocycles. The summed E-state index contributed by atoms with van der Waals surface area (Å²) in [4.78, 5) is 2.31. The standard InChI is InChI=1S/C19H22FNO2/c20-16-9-7-14(8-10-16)19(23)12-17-5-3-11-21(17)13-15-4-1-2-6-18(15)22/h1-2,4,6-10,17,19,22-23H,3,5,11-13H2. The SMILES string of the molecule is Oc1ccccc1CN1CCCC1CC(O)c1ccc(F)cc1. The van der Waals surface area contributed by atoms with E-state index in [9.17, 15) is 14.6 Å². The zero-order valence-corrected chi connectivity index (χ0v) is 13.0. The van der Waals surface area contributed by atoms with E-state index in [-0.39, 0.29) is 11.9 Å². The second-order valence-corrected chi connectivity index (χ2v) is 6.20. The Morgan fingerprint density at radius 2 is 1.87 bits per heavy atom. The number of rotatable bonds is 5. The summed E-state index contributed by atoms with van der Waals surface area (Å²) in [6.07, 6.45) is 2.16. The van der Waals surface area contributed by atoms with E-state index in [2.05, 4.69) is 4.90 Å². The van der Waals surface area contributed by atoms with Crippen molar-refractivity contribution in [2.24, 2.45) is 0 Å². The number of aliphatic hydroxyl groups excluding tert-OH is 1. The summed E-state index contributed by atoms with van der Waals surface area (Å²) in [5.74, 6) is 0.0280. The number of halogens is 1. The highest BCUT2D eigenvalue weighted by Gasteiger charge is 2.27. The molecule has 3 nitrogen and oxygen atoms in total. The van der Waals surface area contributed by atoms with Gasteiger partial charge in [0.15, 0.2) is 0 Å². The number of likely N-dealkylation sites (tertiary alicyclic amines) is 1. The quantitative estimate of drug-likeness (QED) is 0.886. The zero-order chi connectivity index (χ0) is 16.2. The molecule has 1 heterocycles. The maximum absolute atomic E-state index is 13.0. The fourth-order valence-corrected chi connectivity index (χ4v) is 3.31. The maximum atomic E-state index is 13.0. The van der Waals surface area contributed by atoms with Gasteiger partial charge in [-0.3, -0.25) is 4.90 Å². The Morgan fingerprint density at radius 3 is 2.61 bits per heavy atom. The van der Waals surface area contributed by atoms with Gasteiger partial charge in [-0.15, -0.1) is 0 Å². The summed E-state index contributed by atoms with van der Waals surface area (Å²) in [6.45, 7) is 1.66. The van der Waals surface area contributed by atoms with Crippen LogP contribution in [-0.2, 0) is 6.54 Å². The number of phenolic OH excluding ortho intramolecular Hbond substituents is 1. The van der Waals surface area contributed by atoms with Crippen LogP contribution in [0.1, 0.15) is 36.5 Å². The number of hydrogen-bond donors (Lipinski definition) is 2. The van der Waals surface area contributed by atoms with Gasteiger partial charge in [-0.1, -0.05) is 30.3 Å². The number of para-hydroxylation sites is 1. The molecule has 122 valence electrons. The highest BCUT2D eigenvalue weighted by Crippen LogP contribution is 2.30. The van der Waals surface area contributed by atoms with Crippen molar-refractivity contribution in [2.75, 3.05) is 6.54 Å². The van der Waals surface area contributed by atoms with Gasteiger partial charge >= 0.3 is 0 Å². The Hall–Kier alpha value is -1.91. The summed E-state index contributed by atoms with van der Waals surface area (Å²) in [7, 11) is 0. The zero-order valence-electron chi connectivity index (χ0n) is 13.0. The third-order valence-electron chi connectivity index (χ3n) is 4.61. The monoisotopic (exact) mass is 315 g/mol. The lowest BCUT2D eigenvalue weighted by molar-refractivity contribution is 0.117. The summed E-state index contributed by atoms with van der Waals surface area (Å²) in [6, 6.07) is 13.7. The first-order chi connectivity index (χ1) is 11.1. The highest BCUT2D eigenvalue weighted by atomic mass is 19.1. The lowest BCUT2D eigenvalue weighted by Crippen LogP contribution is -2.30. The molecular weight excluding hydrogens is 293 g/mol. The average Bonchev–Trinajstić information content (AvgIpc) is 2.97. The van der Waals surface area contributed by atoms with Crippen molar-refractivity contribution >= 4 is 0 Å². The highest BCUT2D eigenvalue weighted by molar-refractivity contribution is 5.31. The second kappa shape index (κ2) is 7.11. The molecule has 0 saturated carbocycles. The van der Waals surface area contributed by atoms with Crippen LogP contribution in [0.25, 0.3) is 0 Å². The van der Waals surface area contributed by atoms with Gasteiger partial charge in [0.2, 0.25) is 0 Å². The minimum atomic E-state index is -0.592. The van der Waals surface area contributed by atoms with Gasteiger partial charge in [-0.05, 0) is 49.6 Å². The predicted octanol–water partition coefficient (Wildman–Crippen LogP) is 3.62. The lowest BCUT2D eigenvalue weighted by atomic mass is 10.00. The molecule has 23 heavy (non-hydrogen) atoms. The molecule has 0 amide bonds. The van der Waals surface area contributed by atoms with Gasteiger partial charge in [-0.2, -0.15) is 0 Å². The van der Waals surface area contributed by atoms with Crippen molar-refractivity contribution in [1.82, 2.24) is 4.90 Å². The minimum absolute atomic E-state index is 0.273. The van der Waals surface area contributed by atoms with E-state index in [0.717, 1.165) is 30.5 Å². The van der Waals surface area contributed by atoms with Crippen LogP contribution in [-0.4, -0.2) is 27.7 Å². The third kappa shape index (κ3) is 3.89. The van der Waals surface area contributed by atoms with E-state index in [0.29, 0.717) is 18.7 Å². The first-order valence-corrected chi connectivity index (χ1v) is 8.08. The third-order valence-corrected chi connectivity index (χ3v) is 4.61. The van der Waals surface area contributed by atoms with Gasteiger partial charge in [0.05, 0.1) is 6.10 Å². The van der Waals surface area contributed by atoms with Crippen LogP contribution in [0, 0.1) is 5.82 Å². The number of benzene rings is 2. The molecule has 2 atom stereocenters. The van der Waals surface area contributed by atoms with Gasteiger partial charge in [0, 0.05) is 18.2 Å². The Kier molecular flexibility index (Phi) is 4.94. The number of aromatic hydroxyl groups is 1. The molecule has 2 N–H and O–H groups in total. The molecule has 0 aromatic heterocycles. The van der Waals surface area contributed by atoms with Crippen molar-refractivity contribution < 1.29 is 14.6 Å². The van der Waals surface area contributed by atoms with Crippen LogP contribution >= 0.6 is 0 Å². The van der Waals surface area contributed by atoms with Crippen LogP contribution in [0.15, 0.2) is 48.5 Å². The Bertz CT molecular complexity index is 644. The topological polar surface area (TPSA) is 43.7 Å². The van der Waals surface area contributed by atoms with Crippen LogP contribution in [0.5, 0.6) is 5.75 Å². The summed E-state index contributed by atoms with van der Waals surface area (Å²) < 4.78 is 13.0. The molecule has 3 rings (SSSR count). The average molecular weight is 315 g/mol. The summed E-state index contributed by atoms with van der Waals surface area (Å²) in [5.41, 5.74) is 1.66. The van der Waals surface area contributed by atoms with Crippen LogP contribution in [0.3, 0.4) is 0 Å².